The number of aliphatic hydroxyl groups is 4. The van der Waals surface area contributed by atoms with E-state index in [2.05, 4.69) is 43.5 Å². The van der Waals surface area contributed by atoms with Crippen LogP contribution in [0.4, 0.5) is 0 Å². The second-order valence-corrected chi connectivity index (χ2v) is 20.7. The number of hydrogen-bond acceptors (Lipinski definition) is 5. The van der Waals surface area contributed by atoms with Crippen LogP contribution < -0.4 is 5.32 Å². The van der Waals surface area contributed by atoms with Gasteiger partial charge in [0.15, 0.2) is 0 Å². The van der Waals surface area contributed by atoms with E-state index >= 15 is 0 Å². The third kappa shape index (κ3) is 47.8. The molecule has 5 N–H and O–H groups in total. The molecule has 0 saturated heterocycles. The maximum Gasteiger partial charge on any atom is 0.249 e. The molecule has 66 heavy (non-hydrogen) atoms. The largest absolute Gasteiger partial charge is 0.394 e. The normalized spacial score (nSPS) is 13.8. The molecule has 0 aliphatic carbocycles. The first-order valence-electron chi connectivity index (χ1n) is 29.7. The van der Waals surface area contributed by atoms with Crippen molar-refractivity contribution in [1.82, 2.24) is 5.32 Å². The van der Waals surface area contributed by atoms with Crippen molar-refractivity contribution in [2.45, 2.75) is 346 Å². The van der Waals surface area contributed by atoms with Crippen molar-refractivity contribution in [2.75, 3.05) is 6.61 Å². The second kappa shape index (κ2) is 54.7. The third-order valence-corrected chi connectivity index (χ3v) is 14.1. The maximum atomic E-state index is 12.6. The van der Waals surface area contributed by atoms with Gasteiger partial charge in [-0.3, -0.25) is 4.79 Å². The first-order valence-corrected chi connectivity index (χ1v) is 29.7. The zero-order chi connectivity index (χ0) is 48.1. The van der Waals surface area contributed by atoms with E-state index in [9.17, 15) is 25.2 Å². The summed E-state index contributed by atoms with van der Waals surface area (Å²) >= 11 is 0. The Bertz CT molecular complexity index is 1000. The first kappa shape index (κ1) is 64.8. The van der Waals surface area contributed by atoms with Gasteiger partial charge in [0.1, 0.15) is 12.2 Å². The monoisotopic (exact) mass is 932 g/mol. The number of allylic oxidation sites excluding steroid dienone is 4. The molecule has 0 aliphatic rings. The molecule has 0 aromatic heterocycles. The Balaban J connectivity index is 3.64. The fraction of sp³-hybridized carbons (Fsp3) is 0.917. The molecule has 0 aliphatic heterocycles. The molecule has 0 fully saturated rings. The smallest absolute Gasteiger partial charge is 0.249 e. The minimum atomic E-state index is -1.29. The van der Waals surface area contributed by atoms with Gasteiger partial charge in [0, 0.05) is 0 Å². The van der Waals surface area contributed by atoms with Gasteiger partial charge in [-0.25, -0.2) is 0 Å². The summed E-state index contributed by atoms with van der Waals surface area (Å²) in [4.78, 5) is 12.6. The van der Waals surface area contributed by atoms with E-state index in [-0.39, 0.29) is 0 Å². The van der Waals surface area contributed by atoms with Gasteiger partial charge >= 0.3 is 0 Å². The van der Waals surface area contributed by atoms with Crippen LogP contribution in [-0.2, 0) is 4.79 Å². The predicted molar refractivity (Wildman–Crippen MR) is 288 cm³/mol. The van der Waals surface area contributed by atoms with Gasteiger partial charge in [-0.2, -0.15) is 0 Å². The van der Waals surface area contributed by atoms with Crippen LogP contribution in [0.2, 0.25) is 0 Å². The van der Waals surface area contributed by atoms with E-state index < -0.39 is 36.9 Å². The fourth-order valence-electron chi connectivity index (χ4n) is 9.48. The zero-order valence-corrected chi connectivity index (χ0v) is 44.5. The zero-order valence-electron chi connectivity index (χ0n) is 44.5. The van der Waals surface area contributed by atoms with Crippen molar-refractivity contribution in [2.24, 2.45) is 0 Å². The molecule has 392 valence electrons. The summed E-state index contributed by atoms with van der Waals surface area (Å²) in [7, 11) is 0. The Kier molecular flexibility index (Phi) is 53.7. The number of amides is 1. The van der Waals surface area contributed by atoms with Gasteiger partial charge in [0.25, 0.3) is 0 Å². The van der Waals surface area contributed by atoms with Gasteiger partial charge in [-0.1, -0.05) is 295 Å². The number of hydrogen-bond donors (Lipinski definition) is 5. The summed E-state index contributed by atoms with van der Waals surface area (Å²) in [6.07, 6.45) is 66.9. The van der Waals surface area contributed by atoms with Crippen molar-refractivity contribution in [3.63, 3.8) is 0 Å². The van der Waals surface area contributed by atoms with E-state index in [0.717, 1.165) is 38.5 Å². The first-order chi connectivity index (χ1) is 32.5. The van der Waals surface area contributed by atoms with Crippen molar-refractivity contribution < 1.29 is 25.2 Å². The van der Waals surface area contributed by atoms with Crippen LogP contribution in [0.15, 0.2) is 24.3 Å². The SMILES string of the molecule is CCCCCCCCCCCCCCCCCC/C=C/CC/C=C/CCCC(O)C(O)C(CO)NC(=O)C(O)CCCCCCCCCCCCCCCCCCCCCCCCCCC. The molecular weight excluding hydrogens is 815 g/mol. The Hall–Kier alpha value is -1.21. The molecule has 0 radical (unpaired) electrons. The third-order valence-electron chi connectivity index (χ3n) is 14.1. The summed E-state index contributed by atoms with van der Waals surface area (Å²) in [5, 5.41) is 44.0. The molecule has 6 heteroatoms. The minimum Gasteiger partial charge on any atom is -0.394 e. The molecule has 0 aromatic rings. The van der Waals surface area contributed by atoms with Crippen LogP contribution in [0, 0.1) is 0 Å². The molecule has 0 aromatic carbocycles. The highest BCUT2D eigenvalue weighted by molar-refractivity contribution is 5.80. The molecule has 1 amide bonds. The number of rotatable bonds is 55. The lowest BCUT2D eigenvalue weighted by Gasteiger charge is -2.27. The average molecular weight is 933 g/mol. The second-order valence-electron chi connectivity index (χ2n) is 20.7. The summed E-state index contributed by atoms with van der Waals surface area (Å²) in [5.41, 5.74) is 0. The molecule has 0 saturated carbocycles. The Morgan fingerprint density at radius 3 is 0.955 bits per heavy atom. The molecule has 6 nitrogen and oxygen atoms in total. The van der Waals surface area contributed by atoms with Crippen molar-refractivity contribution in [3.8, 4) is 0 Å². The molecule has 0 heterocycles. The van der Waals surface area contributed by atoms with Crippen LogP contribution in [0.1, 0.15) is 322 Å². The lowest BCUT2D eigenvalue weighted by atomic mass is 10.00. The van der Waals surface area contributed by atoms with Crippen LogP contribution in [0.5, 0.6) is 0 Å². The van der Waals surface area contributed by atoms with Crippen molar-refractivity contribution in [1.29, 1.82) is 0 Å². The number of carbonyl (C=O) groups excluding carboxylic acids is 1. The topological polar surface area (TPSA) is 110 Å². The van der Waals surface area contributed by atoms with E-state index in [1.165, 1.54) is 250 Å². The molecular formula is C60H117NO5. The van der Waals surface area contributed by atoms with Crippen LogP contribution >= 0.6 is 0 Å². The van der Waals surface area contributed by atoms with Crippen LogP contribution in [0.3, 0.4) is 0 Å². The average Bonchev–Trinajstić information content (AvgIpc) is 3.32. The van der Waals surface area contributed by atoms with E-state index in [1.807, 2.05) is 0 Å². The summed E-state index contributed by atoms with van der Waals surface area (Å²) in [6, 6.07) is -1.01. The Labute approximate surface area is 412 Å². The van der Waals surface area contributed by atoms with Crippen molar-refractivity contribution in [3.05, 3.63) is 24.3 Å². The highest BCUT2D eigenvalue weighted by Gasteiger charge is 2.28. The number of nitrogens with one attached hydrogen (secondary N) is 1. The standard InChI is InChI=1S/C60H117NO5/c1-3-5-7-9-11-13-15-17-19-21-23-25-27-29-31-33-35-37-39-41-43-45-47-49-51-53-57(63)59(65)56(55-62)61-60(66)58(64)54-52-50-48-46-44-42-40-38-36-34-32-30-28-26-24-22-20-18-16-14-12-10-8-6-4-2/h37,39,45,47,56-59,62-65H,3-36,38,40-44,46,48-55H2,1-2H3,(H,61,66)/b39-37+,47-45+. The quantitative estimate of drug-likeness (QED) is 0.0308. The maximum absolute atomic E-state index is 12.6. The summed E-state index contributed by atoms with van der Waals surface area (Å²) in [6.45, 7) is 4.08. The molecule has 0 rings (SSSR count). The van der Waals surface area contributed by atoms with Gasteiger partial charge < -0.3 is 25.7 Å². The van der Waals surface area contributed by atoms with Crippen molar-refractivity contribution >= 4 is 5.91 Å². The minimum absolute atomic E-state index is 0.365. The highest BCUT2D eigenvalue weighted by atomic mass is 16.3. The predicted octanol–water partition coefficient (Wildman–Crippen LogP) is 17.4. The molecule has 4 atom stereocenters. The van der Waals surface area contributed by atoms with E-state index in [1.54, 1.807) is 0 Å². The fourth-order valence-corrected chi connectivity index (χ4v) is 9.48. The Morgan fingerprint density at radius 1 is 0.364 bits per heavy atom. The van der Waals surface area contributed by atoms with Crippen LogP contribution in [-0.4, -0.2) is 57.3 Å². The summed E-state index contributed by atoms with van der Waals surface area (Å²) < 4.78 is 0. The summed E-state index contributed by atoms with van der Waals surface area (Å²) in [5.74, 6) is -0.591. The molecule has 0 bridgehead atoms. The lowest BCUT2D eigenvalue weighted by molar-refractivity contribution is -0.132. The van der Waals surface area contributed by atoms with E-state index in [0.29, 0.717) is 19.3 Å². The highest BCUT2D eigenvalue weighted by Crippen LogP contribution is 2.18. The molecule has 0 spiro atoms. The van der Waals surface area contributed by atoms with Crippen LogP contribution in [0.25, 0.3) is 0 Å². The number of carbonyl (C=O) groups is 1. The van der Waals surface area contributed by atoms with Gasteiger partial charge in [0.05, 0.1) is 18.8 Å². The Morgan fingerprint density at radius 2 is 0.636 bits per heavy atom. The van der Waals surface area contributed by atoms with E-state index in [4.69, 9.17) is 0 Å². The van der Waals surface area contributed by atoms with Gasteiger partial charge in [-0.05, 0) is 51.4 Å². The van der Waals surface area contributed by atoms with Gasteiger partial charge in [-0.15, -0.1) is 0 Å². The van der Waals surface area contributed by atoms with Gasteiger partial charge in [0.2, 0.25) is 5.91 Å². The number of unbranched alkanes of at least 4 members (excludes halogenated alkanes) is 42. The lowest BCUT2D eigenvalue weighted by Crippen LogP contribution is -2.53. The number of aliphatic hydroxyl groups excluding tert-OH is 4. The molecule has 4 unspecified atom stereocenters.